The van der Waals surface area contributed by atoms with Gasteiger partial charge in [-0.3, -0.25) is 0 Å². The van der Waals surface area contributed by atoms with Crippen LogP contribution in [0, 0.1) is 5.92 Å². The Kier molecular flexibility index (Phi) is 8.50. The minimum Gasteiger partial charge on any atom is -0.382 e. The maximum Gasteiger partial charge on any atom is 0.123 e. The summed E-state index contributed by atoms with van der Waals surface area (Å²) in [5, 5.41) is 16.8. The van der Waals surface area contributed by atoms with Crippen LogP contribution >= 0.6 is 31.9 Å². The molecule has 5 heteroatoms. The first kappa shape index (κ1) is 30.1. The zero-order chi connectivity index (χ0) is 29.6. The van der Waals surface area contributed by atoms with E-state index in [1.807, 2.05) is 6.92 Å². The van der Waals surface area contributed by atoms with Gasteiger partial charge in [0.15, 0.2) is 0 Å². The molecule has 1 aliphatic heterocycles. The third-order valence-electron chi connectivity index (χ3n) is 9.93. The highest BCUT2D eigenvalue weighted by molar-refractivity contribution is 9.10. The molecule has 0 saturated heterocycles. The summed E-state index contributed by atoms with van der Waals surface area (Å²) in [7, 11) is 0. The van der Waals surface area contributed by atoms with Crippen LogP contribution in [0.3, 0.4) is 0 Å². The van der Waals surface area contributed by atoms with Crippen molar-refractivity contribution in [3.05, 3.63) is 74.5 Å². The Balaban J connectivity index is 1.62. The number of fused-ring (bicyclic) bond motifs is 10. The Morgan fingerprint density at radius 2 is 1.48 bits per heavy atom. The predicted octanol–water partition coefficient (Wildman–Crippen LogP) is 11.3. The SMILES string of the molecule is CCCCCCC1=C2C(CCCCCC)Cn3c(nc4c5cc(Br)ccc5c5ccc(Br)cc5c43)C2(C)C=CC1(C)O. The van der Waals surface area contributed by atoms with Crippen LogP contribution in [0.2, 0.25) is 0 Å². The van der Waals surface area contributed by atoms with Crippen molar-refractivity contribution in [2.24, 2.45) is 5.92 Å². The zero-order valence-corrected chi connectivity index (χ0v) is 28.7. The topological polar surface area (TPSA) is 38.0 Å². The molecule has 0 radical (unpaired) electrons. The molecule has 0 spiro atoms. The van der Waals surface area contributed by atoms with Crippen LogP contribution in [-0.4, -0.2) is 20.3 Å². The van der Waals surface area contributed by atoms with E-state index < -0.39 is 5.60 Å². The zero-order valence-electron chi connectivity index (χ0n) is 25.6. The van der Waals surface area contributed by atoms with Crippen LogP contribution in [0.4, 0.5) is 0 Å². The molecule has 42 heavy (non-hydrogen) atoms. The fourth-order valence-corrected chi connectivity index (χ4v) is 8.56. The number of imidazole rings is 1. The molecule has 1 N–H and O–H groups in total. The second kappa shape index (κ2) is 11.9. The molecule has 0 fully saturated rings. The lowest BCUT2D eigenvalue weighted by atomic mass is 9.63. The summed E-state index contributed by atoms with van der Waals surface area (Å²) in [5.41, 5.74) is 3.75. The highest BCUT2D eigenvalue weighted by Gasteiger charge is 2.48. The van der Waals surface area contributed by atoms with Gasteiger partial charge in [-0.15, -0.1) is 0 Å². The van der Waals surface area contributed by atoms with Gasteiger partial charge in [0.25, 0.3) is 0 Å². The molecule has 0 saturated carbocycles. The van der Waals surface area contributed by atoms with Crippen LogP contribution in [0.25, 0.3) is 32.6 Å². The van der Waals surface area contributed by atoms with Crippen molar-refractivity contribution in [2.75, 3.05) is 0 Å². The van der Waals surface area contributed by atoms with Crippen LogP contribution in [0.15, 0.2) is 68.6 Å². The van der Waals surface area contributed by atoms with E-state index in [2.05, 4.69) is 106 Å². The number of aromatic nitrogens is 2. The molecule has 3 unspecified atom stereocenters. The van der Waals surface area contributed by atoms with E-state index in [1.165, 1.54) is 83.2 Å². The van der Waals surface area contributed by atoms with Crippen molar-refractivity contribution in [2.45, 2.75) is 109 Å². The van der Waals surface area contributed by atoms with Crippen LogP contribution < -0.4 is 0 Å². The van der Waals surface area contributed by atoms with Crippen molar-refractivity contribution in [1.82, 2.24) is 9.55 Å². The number of rotatable bonds is 10. The summed E-state index contributed by atoms with van der Waals surface area (Å²) in [4.78, 5) is 5.55. The van der Waals surface area contributed by atoms with Crippen molar-refractivity contribution < 1.29 is 5.11 Å². The Hall–Kier alpha value is -1.95. The second-order valence-corrected chi connectivity index (χ2v) is 14.9. The van der Waals surface area contributed by atoms with E-state index in [-0.39, 0.29) is 5.41 Å². The predicted molar refractivity (Wildman–Crippen MR) is 185 cm³/mol. The fraction of sp³-hybridized carbons (Fsp3) is 0.486. The van der Waals surface area contributed by atoms with E-state index in [4.69, 9.17) is 4.98 Å². The van der Waals surface area contributed by atoms with Crippen LogP contribution in [-0.2, 0) is 12.0 Å². The van der Waals surface area contributed by atoms with Gasteiger partial charge in [-0.25, -0.2) is 4.98 Å². The molecule has 0 amide bonds. The Morgan fingerprint density at radius 3 is 2.17 bits per heavy atom. The van der Waals surface area contributed by atoms with Gasteiger partial charge in [0.05, 0.1) is 16.4 Å². The van der Waals surface area contributed by atoms with Crippen molar-refractivity contribution in [1.29, 1.82) is 0 Å². The van der Waals surface area contributed by atoms with Gasteiger partial charge in [0, 0.05) is 26.3 Å². The van der Waals surface area contributed by atoms with E-state index in [1.54, 1.807) is 0 Å². The minimum atomic E-state index is -0.911. The van der Waals surface area contributed by atoms with Crippen molar-refractivity contribution >= 4 is 64.4 Å². The quantitative estimate of drug-likeness (QED) is 0.102. The van der Waals surface area contributed by atoms with Gasteiger partial charge in [-0.05, 0) is 85.2 Å². The first-order valence-corrected chi connectivity index (χ1v) is 17.7. The molecule has 222 valence electrons. The molecule has 4 aromatic rings. The molecule has 1 aromatic heterocycles. The molecular formula is C37H44Br2N2O. The molecule has 3 aromatic carbocycles. The van der Waals surface area contributed by atoms with Crippen LogP contribution in [0.5, 0.6) is 0 Å². The number of aliphatic hydroxyl groups is 1. The standard InChI is InChI=1S/C37H44Br2N2O/c1-5-7-9-11-13-24-23-41-34-30-22-26(39)16-18-28(30)27-17-15-25(38)21-29(27)33(34)40-35(41)36(3)19-20-37(4,42)31(32(24)36)14-12-10-8-6-2/h15-22,24,42H,5-14,23H2,1-4H3. The third kappa shape index (κ3) is 5.12. The lowest BCUT2D eigenvalue weighted by molar-refractivity contribution is 0.134. The number of benzene rings is 3. The summed E-state index contributed by atoms with van der Waals surface area (Å²) in [6.45, 7) is 9.83. The van der Waals surface area contributed by atoms with E-state index >= 15 is 0 Å². The molecule has 2 heterocycles. The summed E-state index contributed by atoms with van der Waals surface area (Å²) in [6, 6.07) is 13.3. The lowest BCUT2D eigenvalue weighted by Gasteiger charge is -2.47. The molecule has 3 nitrogen and oxygen atoms in total. The monoisotopic (exact) mass is 690 g/mol. The van der Waals surface area contributed by atoms with Gasteiger partial charge in [-0.2, -0.15) is 0 Å². The molecule has 1 aliphatic carbocycles. The van der Waals surface area contributed by atoms with Gasteiger partial charge in [-0.1, -0.05) is 115 Å². The van der Waals surface area contributed by atoms with Gasteiger partial charge in [0.2, 0.25) is 0 Å². The Morgan fingerprint density at radius 1 is 0.833 bits per heavy atom. The number of unbranched alkanes of at least 4 members (excludes halogenated alkanes) is 6. The molecular weight excluding hydrogens is 648 g/mol. The lowest BCUT2D eigenvalue weighted by Crippen LogP contribution is -2.44. The molecule has 6 rings (SSSR count). The number of hydrogen-bond acceptors (Lipinski definition) is 2. The normalized spacial score (nSPS) is 23.7. The average molecular weight is 693 g/mol. The average Bonchev–Trinajstić information content (AvgIpc) is 3.36. The summed E-state index contributed by atoms with van der Waals surface area (Å²) >= 11 is 7.53. The largest absolute Gasteiger partial charge is 0.382 e. The number of hydrogen-bond donors (Lipinski definition) is 1. The second-order valence-electron chi connectivity index (χ2n) is 13.1. The highest BCUT2D eigenvalue weighted by atomic mass is 79.9. The first-order chi connectivity index (χ1) is 20.2. The van der Waals surface area contributed by atoms with Crippen LogP contribution in [0.1, 0.15) is 97.7 Å². The molecule has 0 bridgehead atoms. The van der Waals surface area contributed by atoms with Gasteiger partial charge in [0.1, 0.15) is 11.4 Å². The smallest absolute Gasteiger partial charge is 0.123 e. The van der Waals surface area contributed by atoms with Gasteiger partial charge >= 0.3 is 0 Å². The van der Waals surface area contributed by atoms with E-state index in [0.717, 1.165) is 46.1 Å². The van der Waals surface area contributed by atoms with E-state index in [0.29, 0.717) is 5.92 Å². The van der Waals surface area contributed by atoms with Crippen molar-refractivity contribution in [3.63, 3.8) is 0 Å². The molecule has 3 atom stereocenters. The third-order valence-corrected chi connectivity index (χ3v) is 10.9. The maximum atomic E-state index is 11.8. The highest BCUT2D eigenvalue weighted by Crippen LogP contribution is 2.53. The maximum absolute atomic E-state index is 11.8. The number of nitrogens with zero attached hydrogens (tertiary/aromatic N) is 2. The van der Waals surface area contributed by atoms with E-state index in [9.17, 15) is 5.11 Å². The van der Waals surface area contributed by atoms with Gasteiger partial charge < -0.3 is 9.67 Å². The molecule has 2 aliphatic rings. The fourth-order valence-electron chi connectivity index (χ4n) is 7.83. The first-order valence-electron chi connectivity index (χ1n) is 16.1. The Labute approximate surface area is 267 Å². The summed E-state index contributed by atoms with van der Waals surface area (Å²) in [5.74, 6) is 1.48. The summed E-state index contributed by atoms with van der Waals surface area (Å²) in [6.07, 6.45) is 16.3. The van der Waals surface area contributed by atoms with Crippen molar-refractivity contribution in [3.8, 4) is 0 Å². The Bertz CT molecular complexity index is 1710. The summed E-state index contributed by atoms with van der Waals surface area (Å²) < 4.78 is 4.71. The number of allylic oxidation sites excluding steroid dienone is 2. The minimum absolute atomic E-state index is 0.355. The number of halogens is 2.